The van der Waals surface area contributed by atoms with Gasteiger partial charge in [-0.3, -0.25) is 0 Å². The Morgan fingerprint density at radius 2 is 1.94 bits per heavy atom. The van der Waals surface area contributed by atoms with Crippen LogP contribution in [0.15, 0.2) is 23.1 Å². The van der Waals surface area contributed by atoms with Crippen molar-refractivity contribution in [2.24, 2.45) is 0 Å². The van der Waals surface area contributed by atoms with Gasteiger partial charge >= 0.3 is 0 Å². The minimum atomic E-state index is -3.50. The largest absolute Gasteiger partial charge is 0.392 e. The molecule has 0 saturated heterocycles. The van der Waals surface area contributed by atoms with Crippen molar-refractivity contribution in [1.29, 1.82) is 0 Å². The SMILES string of the molecule is Cc1ccc(S(=O)(=O)NCC(C)O)cc1C. The fourth-order valence-electron chi connectivity index (χ4n) is 1.19. The van der Waals surface area contributed by atoms with E-state index < -0.39 is 16.1 Å². The minimum absolute atomic E-state index is 0.0231. The highest BCUT2D eigenvalue weighted by Gasteiger charge is 2.14. The molecule has 0 amide bonds. The molecule has 0 aliphatic carbocycles. The van der Waals surface area contributed by atoms with Crippen molar-refractivity contribution in [3.8, 4) is 0 Å². The first-order valence-corrected chi connectivity index (χ1v) is 6.56. The molecule has 1 aromatic rings. The lowest BCUT2D eigenvalue weighted by Gasteiger charge is -2.09. The van der Waals surface area contributed by atoms with Gasteiger partial charge in [0.15, 0.2) is 0 Å². The normalized spacial score (nSPS) is 13.8. The van der Waals surface area contributed by atoms with E-state index in [1.807, 2.05) is 13.8 Å². The van der Waals surface area contributed by atoms with Gasteiger partial charge in [-0.1, -0.05) is 6.07 Å². The number of benzene rings is 1. The van der Waals surface area contributed by atoms with Gasteiger partial charge in [0, 0.05) is 6.54 Å². The van der Waals surface area contributed by atoms with Gasteiger partial charge in [-0.25, -0.2) is 13.1 Å². The predicted molar refractivity (Wildman–Crippen MR) is 62.8 cm³/mol. The number of rotatable bonds is 4. The molecule has 0 radical (unpaired) electrons. The second kappa shape index (κ2) is 4.95. The molecule has 1 aromatic carbocycles. The van der Waals surface area contributed by atoms with Gasteiger partial charge < -0.3 is 5.11 Å². The number of sulfonamides is 1. The van der Waals surface area contributed by atoms with Crippen molar-refractivity contribution in [2.45, 2.75) is 31.8 Å². The smallest absolute Gasteiger partial charge is 0.240 e. The molecule has 2 N–H and O–H groups in total. The van der Waals surface area contributed by atoms with E-state index in [-0.39, 0.29) is 11.4 Å². The summed E-state index contributed by atoms with van der Waals surface area (Å²) in [6.07, 6.45) is -0.693. The summed E-state index contributed by atoms with van der Waals surface area (Å²) in [6.45, 7) is 5.34. The molecular weight excluding hydrogens is 226 g/mol. The van der Waals surface area contributed by atoms with Gasteiger partial charge in [-0.2, -0.15) is 0 Å². The van der Waals surface area contributed by atoms with E-state index in [2.05, 4.69) is 4.72 Å². The quantitative estimate of drug-likeness (QED) is 0.828. The average molecular weight is 243 g/mol. The molecule has 4 nitrogen and oxygen atoms in total. The van der Waals surface area contributed by atoms with E-state index in [1.54, 1.807) is 18.2 Å². The van der Waals surface area contributed by atoms with E-state index >= 15 is 0 Å². The first-order valence-electron chi connectivity index (χ1n) is 5.08. The molecule has 0 bridgehead atoms. The van der Waals surface area contributed by atoms with Crippen LogP contribution >= 0.6 is 0 Å². The molecule has 1 rings (SSSR count). The Hall–Kier alpha value is -0.910. The van der Waals surface area contributed by atoms with Gasteiger partial charge in [-0.05, 0) is 44.0 Å². The van der Waals surface area contributed by atoms with Crippen LogP contribution in [0, 0.1) is 13.8 Å². The monoisotopic (exact) mass is 243 g/mol. The highest BCUT2D eigenvalue weighted by Crippen LogP contribution is 2.14. The molecule has 1 atom stereocenters. The van der Waals surface area contributed by atoms with Crippen LogP contribution in [0.1, 0.15) is 18.1 Å². The molecule has 0 spiro atoms. The molecule has 0 fully saturated rings. The first-order chi connectivity index (χ1) is 7.33. The third kappa shape index (κ3) is 3.30. The van der Waals surface area contributed by atoms with Gasteiger partial charge in [0.25, 0.3) is 0 Å². The topological polar surface area (TPSA) is 66.4 Å². The van der Waals surface area contributed by atoms with Gasteiger partial charge in [-0.15, -0.1) is 0 Å². The Morgan fingerprint density at radius 1 is 1.31 bits per heavy atom. The average Bonchev–Trinajstić information content (AvgIpc) is 2.19. The third-order valence-electron chi connectivity index (χ3n) is 2.36. The number of aryl methyl sites for hydroxylation is 2. The zero-order valence-corrected chi connectivity index (χ0v) is 10.5. The van der Waals surface area contributed by atoms with Crippen LogP contribution in [-0.4, -0.2) is 26.2 Å². The summed E-state index contributed by atoms with van der Waals surface area (Å²) in [7, 11) is -3.50. The maximum Gasteiger partial charge on any atom is 0.240 e. The Balaban J connectivity index is 2.94. The van der Waals surface area contributed by atoms with Gasteiger partial charge in [0.2, 0.25) is 10.0 Å². The van der Waals surface area contributed by atoms with Crippen LogP contribution in [0.3, 0.4) is 0 Å². The molecule has 0 aliphatic rings. The maximum atomic E-state index is 11.8. The lowest BCUT2D eigenvalue weighted by Crippen LogP contribution is -2.30. The molecule has 1 unspecified atom stereocenters. The van der Waals surface area contributed by atoms with Crippen molar-refractivity contribution in [3.63, 3.8) is 0 Å². The summed E-state index contributed by atoms with van der Waals surface area (Å²) in [5, 5.41) is 9.03. The fourth-order valence-corrected chi connectivity index (χ4v) is 2.40. The Morgan fingerprint density at radius 3 is 2.44 bits per heavy atom. The van der Waals surface area contributed by atoms with Crippen LogP contribution in [0.4, 0.5) is 0 Å². The Bertz CT molecular complexity index is 466. The van der Waals surface area contributed by atoms with Crippen molar-refractivity contribution in [3.05, 3.63) is 29.3 Å². The fraction of sp³-hybridized carbons (Fsp3) is 0.455. The lowest BCUT2D eigenvalue weighted by molar-refractivity contribution is 0.198. The zero-order chi connectivity index (χ0) is 12.3. The highest BCUT2D eigenvalue weighted by molar-refractivity contribution is 7.89. The Kier molecular flexibility index (Phi) is 4.07. The summed E-state index contributed by atoms with van der Waals surface area (Å²) in [5.74, 6) is 0. The van der Waals surface area contributed by atoms with E-state index in [0.717, 1.165) is 11.1 Å². The first kappa shape index (κ1) is 13.2. The van der Waals surface area contributed by atoms with Gasteiger partial charge in [0.1, 0.15) is 0 Å². The minimum Gasteiger partial charge on any atom is -0.392 e. The van der Waals surface area contributed by atoms with Crippen LogP contribution in [0.2, 0.25) is 0 Å². The summed E-state index contributed by atoms with van der Waals surface area (Å²) >= 11 is 0. The molecule has 0 saturated carbocycles. The maximum absolute atomic E-state index is 11.8. The molecule has 90 valence electrons. The predicted octanol–water partition coefficient (Wildman–Crippen LogP) is 0.963. The summed E-state index contributed by atoms with van der Waals surface area (Å²) in [5.41, 5.74) is 1.98. The van der Waals surface area contributed by atoms with Crippen LogP contribution in [-0.2, 0) is 10.0 Å². The highest BCUT2D eigenvalue weighted by atomic mass is 32.2. The molecule has 5 heteroatoms. The number of aliphatic hydroxyl groups excluding tert-OH is 1. The molecular formula is C11H17NO3S. The number of hydrogen-bond acceptors (Lipinski definition) is 3. The van der Waals surface area contributed by atoms with Crippen molar-refractivity contribution >= 4 is 10.0 Å². The van der Waals surface area contributed by atoms with Crippen LogP contribution < -0.4 is 4.72 Å². The molecule has 0 aromatic heterocycles. The van der Waals surface area contributed by atoms with E-state index in [0.29, 0.717) is 0 Å². The third-order valence-corrected chi connectivity index (χ3v) is 3.78. The number of aliphatic hydroxyl groups is 1. The molecule has 0 aliphatic heterocycles. The van der Waals surface area contributed by atoms with Crippen molar-refractivity contribution in [2.75, 3.05) is 6.54 Å². The van der Waals surface area contributed by atoms with Crippen LogP contribution in [0.5, 0.6) is 0 Å². The molecule has 16 heavy (non-hydrogen) atoms. The lowest BCUT2D eigenvalue weighted by atomic mass is 10.1. The zero-order valence-electron chi connectivity index (χ0n) is 9.69. The van der Waals surface area contributed by atoms with E-state index in [1.165, 1.54) is 6.92 Å². The summed E-state index contributed by atoms with van der Waals surface area (Å²) in [6, 6.07) is 4.96. The summed E-state index contributed by atoms with van der Waals surface area (Å²) < 4.78 is 25.9. The Labute approximate surface area is 96.4 Å². The van der Waals surface area contributed by atoms with E-state index in [4.69, 9.17) is 5.11 Å². The summed E-state index contributed by atoms with van der Waals surface area (Å²) in [4.78, 5) is 0.233. The van der Waals surface area contributed by atoms with Gasteiger partial charge in [0.05, 0.1) is 11.0 Å². The standard InChI is InChI=1S/C11H17NO3S/c1-8-4-5-11(6-9(8)2)16(14,15)12-7-10(3)13/h4-6,10,12-13H,7H2,1-3H3. The number of nitrogens with one attached hydrogen (secondary N) is 1. The second-order valence-electron chi connectivity index (χ2n) is 3.95. The second-order valence-corrected chi connectivity index (χ2v) is 5.71. The van der Waals surface area contributed by atoms with Crippen LogP contribution in [0.25, 0.3) is 0 Å². The number of hydrogen-bond donors (Lipinski definition) is 2. The van der Waals surface area contributed by atoms with Crippen molar-refractivity contribution < 1.29 is 13.5 Å². The van der Waals surface area contributed by atoms with E-state index in [9.17, 15) is 8.42 Å². The van der Waals surface area contributed by atoms with Crippen molar-refractivity contribution in [1.82, 2.24) is 4.72 Å². The molecule has 0 heterocycles.